The first-order chi connectivity index (χ1) is 16.0. The molecule has 0 aromatic heterocycles. The highest BCUT2D eigenvalue weighted by Gasteiger charge is 2.45. The van der Waals surface area contributed by atoms with Gasteiger partial charge in [-0.2, -0.15) is 13.2 Å². The van der Waals surface area contributed by atoms with Crippen molar-refractivity contribution in [1.29, 1.82) is 0 Å². The maximum atomic E-state index is 12.7. The van der Waals surface area contributed by atoms with Gasteiger partial charge in [-0.15, -0.1) is 0 Å². The van der Waals surface area contributed by atoms with E-state index in [1.165, 1.54) is 42.5 Å². The number of aliphatic hydroxyl groups is 4. The van der Waals surface area contributed by atoms with Gasteiger partial charge in [0, 0.05) is 11.4 Å². The van der Waals surface area contributed by atoms with E-state index >= 15 is 0 Å². The lowest BCUT2D eigenvalue weighted by Crippen LogP contribution is -2.60. The lowest BCUT2D eigenvalue weighted by molar-refractivity contribution is -0.277. The predicted molar refractivity (Wildman–Crippen MR) is 112 cm³/mol. The number of thioether (sulfide) groups is 1. The zero-order valence-electron chi connectivity index (χ0n) is 17.3. The van der Waals surface area contributed by atoms with Crippen LogP contribution in [0.2, 0.25) is 0 Å². The van der Waals surface area contributed by atoms with E-state index < -0.39 is 54.5 Å². The number of aliphatic hydroxyl groups excluding tert-OH is 4. The summed E-state index contributed by atoms with van der Waals surface area (Å²) in [5.74, 6) is -1.50. The molecule has 5 atom stereocenters. The third kappa shape index (κ3) is 6.31. The summed E-state index contributed by atoms with van der Waals surface area (Å²) in [6.45, 7) is -0.762. The first kappa shape index (κ1) is 26.1. The lowest BCUT2D eigenvalue weighted by Gasteiger charge is -2.39. The van der Waals surface area contributed by atoms with Crippen molar-refractivity contribution in [3.05, 3.63) is 53.6 Å². The number of carbonyl (C=O) groups is 1. The van der Waals surface area contributed by atoms with Crippen LogP contribution in [0.5, 0.6) is 11.5 Å². The minimum Gasteiger partial charge on any atom is -0.507 e. The number of ether oxygens (including phenoxy) is 2. The molecule has 2 aromatic carbocycles. The topological polar surface area (TPSA) is 149 Å². The summed E-state index contributed by atoms with van der Waals surface area (Å²) in [5, 5.41) is 51.9. The number of phenolic OH excluding ortho intramolecular Hbond substituents is 1. The van der Waals surface area contributed by atoms with Gasteiger partial charge >= 0.3 is 5.51 Å². The lowest BCUT2D eigenvalue weighted by atomic mass is 9.99. The number of rotatable bonds is 7. The number of phenols is 1. The van der Waals surface area contributed by atoms with Gasteiger partial charge in [0.15, 0.2) is 0 Å². The van der Waals surface area contributed by atoms with E-state index in [-0.39, 0.29) is 34.5 Å². The maximum absolute atomic E-state index is 12.7. The second kappa shape index (κ2) is 10.8. The van der Waals surface area contributed by atoms with Gasteiger partial charge < -0.3 is 40.3 Å². The summed E-state index contributed by atoms with van der Waals surface area (Å²) >= 11 is -0.265. The van der Waals surface area contributed by atoms with Crippen LogP contribution >= 0.6 is 11.8 Å². The van der Waals surface area contributed by atoms with Crippen molar-refractivity contribution in [1.82, 2.24) is 5.32 Å². The third-order valence-corrected chi connectivity index (χ3v) is 5.67. The molecular formula is C21H22F3NO8S. The van der Waals surface area contributed by atoms with Crippen molar-refractivity contribution in [3.8, 4) is 11.5 Å². The molecule has 0 saturated carbocycles. The molecule has 186 valence electrons. The van der Waals surface area contributed by atoms with Gasteiger partial charge in [0.25, 0.3) is 5.91 Å². The number of amides is 1. The molecule has 6 N–H and O–H groups in total. The fourth-order valence-electron chi connectivity index (χ4n) is 3.22. The van der Waals surface area contributed by atoms with Crippen LogP contribution in [0.3, 0.4) is 0 Å². The molecule has 0 bridgehead atoms. The maximum Gasteiger partial charge on any atom is 0.446 e. The van der Waals surface area contributed by atoms with Gasteiger partial charge in [-0.25, -0.2) is 0 Å². The number of halogens is 3. The normalized spacial score (nSPS) is 25.1. The van der Waals surface area contributed by atoms with Crippen LogP contribution in [0, 0.1) is 0 Å². The molecule has 1 amide bonds. The highest BCUT2D eigenvalue weighted by atomic mass is 32.2. The zero-order chi connectivity index (χ0) is 25.0. The Morgan fingerprint density at radius 3 is 2.35 bits per heavy atom. The molecule has 34 heavy (non-hydrogen) atoms. The molecule has 0 unspecified atom stereocenters. The quantitative estimate of drug-likeness (QED) is 0.305. The average Bonchev–Trinajstić information content (AvgIpc) is 2.78. The van der Waals surface area contributed by atoms with Crippen molar-refractivity contribution in [2.24, 2.45) is 0 Å². The molecule has 1 fully saturated rings. The van der Waals surface area contributed by atoms with Crippen LogP contribution in [-0.4, -0.2) is 74.3 Å². The SMILES string of the molecule is O=C(NCc1ccc(SC(F)(F)F)cc1)c1c(O)cccc1O[C@@H]1O[C@H](CO)[C@@H](O)[C@H](O)[C@H]1O. The smallest absolute Gasteiger partial charge is 0.446 e. The van der Waals surface area contributed by atoms with E-state index in [1.54, 1.807) is 0 Å². The van der Waals surface area contributed by atoms with Crippen LogP contribution in [-0.2, 0) is 11.3 Å². The summed E-state index contributed by atoms with van der Waals surface area (Å²) in [6, 6.07) is 9.18. The number of carbonyl (C=O) groups excluding carboxylic acids is 1. The Morgan fingerprint density at radius 1 is 1.06 bits per heavy atom. The largest absolute Gasteiger partial charge is 0.507 e. The van der Waals surface area contributed by atoms with Crippen molar-refractivity contribution in [2.45, 2.75) is 47.7 Å². The summed E-state index contributed by atoms with van der Waals surface area (Å²) < 4.78 is 48.1. The summed E-state index contributed by atoms with van der Waals surface area (Å²) in [5.41, 5.74) is -4.26. The van der Waals surface area contributed by atoms with Crippen molar-refractivity contribution in [3.63, 3.8) is 0 Å². The highest BCUT2D eigenvalue weighted by Crippen LogP contribution is 2.36. The monoisotopic (exact) mass is 505 g/mol. The Kier molecular flexibility index (Phi) is 8.28. The van der Waals surface area contributed by atoms with Gasteiger partial charge in [-0.3, -0.25) is 4.79 Å². The Labute approximate surface area is 195 Å². The standard InChI is InChI=1S/C21H22F3NO8S/c22-21(23,24)34-11-6-4-10(5-7-11)8-25-19(31)15-12(27)2-1-3-13(15)32-20-18(30)17(29)16(28)14(9-26)33-20/h1-7,14,16-18,20,26-30H,8-9H2,(H,25,31)/t14-,16-,17+,18-,20-/m1/s1. The number of benzene rings is 2. The predicted octanol–water partition coefficient (Wildman–Crippen LogP) is 1.11. The van der Waals surface area contributed by atoms with Gasteiger partial charge in [0.2, 0.25) is 6.29 Å². The first-order valence-electron chi connectivity index (χ1n) is 9.92. The highest BCUT2D eigenvalue weighted by molar-refractivity contribution is 8.00. The summed E-state index contributed by atoms with van der Waals surface area (Å²) in [7, 11) is 0. The first-order valence-corrected chi connectivity index (χ1v) is 10.7. The molecular weight excluding hydrogens is 483 g/mol. The van der Waals surface area contributed by atoms with Gasteiger partial charge in [0.05, 0.1) is 6.61 Å². The summed E-state index contributed by atoms with van der Waals surface area (Å²) in [6.07, 6.45) is -7.86. The third-order valence-electron chi connectivity index (χ3n) is 4.93. The molecule has 0 spiro atoms. The summed E-state index contributed by atoms with van der Waals surface area (Å²) in [4.78, 5) is 12.7. The molecule has 3 rings (SSSR count). The average molecular weight is 505 g/mol. The Balaban J connectivity index is 1.71. The molecule has 1 heterocycles. The number of nitrogens with one attached hydrogen (secondary N) is 1. The van der Waals surface area contributed by atoms with E-state index in [4.69, 9.17) is 9.47 Å². The van der Waals surface area contributed by atoms with Gasteiger partial charge in [-0.1, -0.05) is 18.2 Å². The molecule has 1 aliphatic heterocycles. The minimum atomic E-state index is -4.42. The second-order valence-corrected chi connectivity index (χ2v) is 8.48. The van der Waals surface area contributed by atoms with Crippen LogP contribution in [0.15, 0.2) is 47.4 Å². The van der Waals surface area contributed by atoms with E-state index in [9.17, 15) is 43.5 Å². The number of hydrogen-bond donors (Lipinski definition) is 6. The van der Waals surface area contributed by atoms with Crippen LogP contribution in [0.1, 0.15) is 15.9 Å². The molecule has 1 aliphatic rings. The van der Waals surface area contributed by atoms with Crippen molar-refractivity contribution < 1.29 is 53.0 Å². The van der Waals surface area contributed by atoms with Crippen LogP contribution in [0.4, 0.5) is 13.2 Å². The van der Waals surface area contributed by atoms with E-state index in [0.717, 1.165) is 0 Å². The fourth-order valence-corrected chi connectivity index (χ4v) is 3.75. The van der Waals surface area contributed by atoms with Crippen LogP contribution < -0.4 is 10.1 Å². The second-order valence-electron chi connectivity index (χ2n) is 7.34. The molecule has 0 radical (unpaired) electrons. The van der Waals surface area contributed by atoms with E-state index in [1.807, 2.05) is 0 Å². The molecule has 1 saturated heterocycles. The number of alkyl halides is 3. The Morgan fingerprint density at radius 2 is 1.74 bits per heavy atom. The number of aromatic hydroxyl groups is 1. The Hall–Kier alpha value is -2.55. The fraction of sp³-hybridized carbons (Fsp3) is 0.381. The zero-order valence-corrected chi connectivity index (χ0v) is 18.2. The molecule has 0 aliphatic carbocycles. The van der Waals surface area contributed by atoms with Gasteiger partial charge in [0.1, 0.15) is 41.5 Å². The Bertz CT molecular complexity index is 989. The molecule has 9 nitrogen and oxygen atoms in total. The van der Waals surface area contributed by atoms with Gasteiger partial charge in [-0.05, 0) is 41.6 Å². The minimum absolute atomic E-state index is 0.0153. The molecule has 13 heteroatoms. The van der Waals surface area contributed by atoms with Crippen molar-refractivity contribution in [2.75, 3.05) is 6.61 Å². The molecule has 2 aromatic rings. The number of hydrogen-bond acceptors (Lipinski definition) is 9. The van der Waals surface area contributed by atoms with E-state index in [2.05, 4.69) is 5.32 Å². The van der Waals surface area contributed by atoms with E-state index in [0.29, 0.717) is 5.56 Å². The van der Waals surface area contributed by atoms with Crippen LogP contribution in [0.25, 0.3) is 0 Å². The van der Waals surface area contributed by atoms with Crippen molar-refractivity contribution >= 4 is 17.7 Å².